The molecule has 108 valence electrons. The maximum absolute atomic E-state index is 13.6. The molecule has 2 aromatic carbocycles. The topological polar surface area (TPSA) is 24.9 Å². The van der Waals surface area contributed by atoms with Gasteiger partial charge in [0.2, 0.25) is 0 Å². The van der Waals surface area contributed by atoms with Crippen LogP contribution in [0.1, 0.15) is 0 Å². The van der Waals surface area contributed by atoms with Crippen molar-refractivity contribution < 1.29 is 17.6 Å². The maximum Gasteiger partial charge on any atom is 0.188 e. The Hall–Kier alpha value is -1.67. The van der Waals surface area contributed by atoms with Crippen LogP contribution in [0.3, 0.4) is 0 Å². The molecule has 3 aromatic rings. The minimum absolute atomic E-state index is 0.130. The number of aromatic nitrogens is 1. The fourth-order valence-corrected chi connectivity index (χ4v) is 2.94. The average Bonchev–Trinajstić information content (AvgIpc) is 2.83. The van der Waals surface area contributed by atoms with Crippen molar-refractivity contribution in [3.05, 3.63) is 52.0 Å². The van der Waals surface area contributed by atoms with Crippen molar-refractivity contribution in [2.24, 2.45) is 0 Å². The van der Waals surface area contributed by atoms with E-state index in [9.17, 15) is 17.6 Å². The third kappa shape index (κ3) is 2.60. The molecule has 8 heteroatoms. The van der Waals surface area contributed by atoms with E-state index in [1.807, 2.05) is 0 Å². The molecule has 0 aliphatic carbocycles. The standard InChI is InChI=1S/C13H5BrF4N2S/c14-5-1-2-9-8(3-5)19-13(21-9)20-12-10(17)6(15)4-7(16)11(12)18/h1-4H,(H,19,20). The molecule has 0 saturated carbocycles. The highest BCUT2D eigenvalue weighted by atomic mass is 79.9. The van der Waals surface area contributed by atoms with E-state index in [0.29, 0.717) is 5.52 Å². The molecule has 3 rings (SSSR count). The zero-order valence-electron chi connectivity index (χ0n) is 10.1. The number of fused-ring (bicyclic) bond motifs is 1. The summed E-state index contributed by atoms with van der Waals surface area (Å²) in [7, 11) is 0. The summed E-state index contributed by atoms with van der Waals surface area (Å²) in [6.07, 6.45) is 0. The van der Waals surface area contributed by atoms with Gasteiger partial charge in [-0.1, -0.05) is 27.3 Å². The van der Waals surface area contributed by atoms with E-state index < -0.39 is 29.0 Å². The predicted octanol–water partition coefficient (Wildman–Crippen LogP) is 5.36. The van der Waals surface area contributed by atoms with Crippen molar-refractivity contribution >= 4 is 48.3 Å². The van der Waals surface area contributed by atoms with E-state index in [1.54, 1.807) is 18.2 Å². The lowest BCUT2D eigenvalue weighted by molar-refractivity contribution is 0.459. The molecule has 1 heterocycles. The summed E-state index contributed by atoms with van der Waals surface area (Å²) in [4.78, 5) is 4.11. The SMILES string of the molecule is Fc1cc(F)c(F)c(Nc2nc3cc(Br)ccc3s2)c1F. The molecule has 0 atom stereocenters. The van der Waals surface area contributed by atoms with Crippen LogP contribution < -0.4 is 5.32 Å². The molecule has 1 N–H and O–H groups in total. The molecular weight excluding hydrogens is 372 g/mol. The average molecular weight is 377 g/mol. The Labute approximate surface area is 128 Å². The molecule has 0 saturated heterocycles. The number of thiazole rings is 1. The lowest BCUT2D eigenvalue weighted by Crippen LogP contribution is -2.02. The number of nitrogens with one attached hydrogen (secondary N) is 1. The first kappa shape index (κ1) is 14.3. The normalized spacial score (nSPS) is 11.1. The Balaban J connectivity index is 2.06. The molecule has 0 fully saturated rings. The Morgan fingerprint density at radius 2 is 1.67 bits per heavy atom. The van der Waals surface area contributed by atoms with Gasteiger partial charge < -0.3 is 5.32 Å². The summed E-state index contributed by atoms with van der Waals surface area (Å²) in [6, 6.07) is 5.43. The fraction of sp³-hybridized carbons (Fsp3) is 0. The van der Waals surface area contributed by atoms with Gasteiger partial charge in [-0.2, -0.15) is 0 Å². The van der Waals surface area contributed by atoms with Crippen molar-refractivity contribution in [3.8, 4) is 0 Å². The first-order valence-electron chi connectivity index (χ1n) is 5.62. The summed E-state index contributed by atoms with van der Waals surface area (Å²) in [5.41, 5.74) is -0.305. The van der Waals surface area contributed by atoms with Gasteiger partial charge in [0.1, 0.15) is 5.69 Å². The van der Waals surface area contributed by atoms with E-state index >= 15 is 0 Å². The molecule has 0 radical (unpaired) electrons. The van der Waals surface area contributed by atoms with Crippen molar-refractivity contribution in [2.45, 2.75) is 0 Å². The second kappa shape index (κ2) is 5.27. The van der Waals surface area contributed by atoms with Crippen LogP contribution in [0.5, 0.6) is 0 Å². The summed E-state index contributed by atoms with van der Waals surface area (Å²) in [6.45, 7) is 0. The third-order valence-corrected chi connectivity index (χ3v) is 4.14. The number of nitrogens with zero attached hydrogens (tertiary/aromatic N) is 1. The highest BCUT2D eigenvalue weighted by molar-refractivity contribution is 9.10. The second-order valence-corrected chi connectivity index (χ2v) is 6.05. The molecule has 0 unspecified atom stereocenters. The molecule has 0 aliphatic rings. The first-order chi connectivity index (χ1) is 9.95. The quantitative estimate of drug-likeness (QED) is 0.481. The monoisotopic (exact) mass is 376 g/mol. The minimum atomic E-state index is -1.49. The molecule has 0 amide bonds. The van der Waals surface area contributed by atoms with Crippen LogP contribution in [-0.2, 0) is 0 Å². The Bertz CT molecular complexity index is 824. The third-order valence-electron chi connectivity index (χ3n) is 2.69. The van der Waals surface area contributed by atoms with Crippen LogP contribution in [-0.4, -0.2) is 4.98 Å². The van der Waals surface area contributed by atoms with Gasteiger partial charge in [0.25, 0.3) is 0 Å². The molecular formula is C13H5BrF4N2S. The van der Waals surface area contributed by atoms with Crippen LogP contribution in [0.25, 0.3) is 10.2 Å². The number of benzene rings is 2. The molecule has 0 bridgehead atoms. The summed E-state index contributed by atoms with van der Waals surface area (Å²) >= 11 is 4.38. The van der Waals surface area contributed by atoms with Crippen LogP contribution >= 0.6 is 27.3 Å². The smallest absolute Gasteiger partial charge is 0.188 e. The minimum Gasteiger partial charge on any atom is -0.326 e. The maximum atomic E-state index is 13.6. The zero-order chi connectivity index (χ0) is 15.1. The largest absolute Gasteiger partial charge is 0.326 e. The molecule has 2 nitrogen and oxygen atoms in total. The molecule has 1 aromatic heterocycles. The van der Waals surface area contributed by atoms with E-state index in [0.717, 1.165) is 20.5 Å². The predicted molar refractivity (Wildman–Crippen MR) is 76.9 cm³/mol. The van der Waals surface area contributed by atoms with E-state index in [-0.39, 0.29) is 11.2 Å². The van der Waals surface area contributed by atoms with E-state index in [2.05, 4.69) is 26.2 Å². The summed E-state index contributed by atoms with van der Waals surface area (Å²) in [5, 5.41) is 2.42. The highest BCUT2D eigenvalue weighted by Crippen LogP contribution is 2.32. The van der Waals surface area contributed by atoms with E-state index in [4.69, 9.17) is 0 Å². The van der Waals surface area contributed by atoms with Gasteiger partial charge in [-0.05, 0) is 18.2 Å². The van der Waals surface area contributed by atoms with Crippen LogP contribution in [0.4, 0.5) is 28.4 Å². The molecule has 0 spiro atoms. The zero-order valence-corrected chi connectivity index (χ0v) is 12.5. The van der Waals surface area contributed by atoms with Gasteiger partial charge in [0, 0.05) is 10.5 Å². The number of hydrogen-bond acceptors (Lipinski definition) is 3. The Morgan fingerprint density at radius 1 is 1.00 bits per heavy atom. The number of anilines is 2. The van der Waals surface area contributed by atoms with Gasteiger partial charge in [-0.3, -0.25) is 0 Å². The lowest BCUT2D eigenvalue weighted by atomic mass is 10.2. The van der Waals surface area contributed by atoms with E-state index in [1.165, 1.54) is 0 Å². The van der Waals surface area contributed by atoms with Crippen molar-refractivity contribution in [1.29, 1.82) is 0 Å². The number of rotatable bonds is 2. The summed E-state index contributed by atoms with van der Waals surface area (Å²) < 4.78 is 55.0. The van der Waals surface area contributed by atoms with Crippen LogP contribution in [0, 0.1) is 23.3 Å². The van der Waals surface area contributed by atoms with Crippen LogP contribution in [0.2, 0.25) is 0 Å². The Morgan fingerprint density at radius 3 is 2.33 bits per heavy atom. The van der Waals surface area contributed by atoms with Crippen LogP contribution in [0.15, 0.2) is 28.7 Å². The van der Waals surface area contributed by atoms with Gasteiger partial charge in [0.05, 0.1) is 10.2 Å². The summed E-state index contributed by atoms with van der Waals surface area (Å²) in [5.74, 6) is -5.93. The lowest BCUT2D eigenvalue weighted by Gasteiger charge is -2.07. The van der Waals surface area contributed by atoms with Crippen molar-refractivity contribution in [2.75, 3.05) is 5.32 Å². The fourth-order valence-electron chi connectivity index (χ4n) is 1.74. The van der Waals surface area contributed by atoms with Gasteiger partial charge >= 0.3 is 0 Å². The van der Waals surface area contributed by atoms with Gasteiger partial charge in [-0.25, -0.2) is 22.5 Å². The van der Waals surface area contributed by atoms with Crippen molar-refractivity contribution in [3.63, 3.8) is 0 Å². The Kier molecular flexibility index (Phi) is 3.58. The number of hydrogen-bond donors (Lipinski definition) is 1. The second-order valence-electron chi connectivity index (χ2n) is 4.10. The van der Waals surface area contributed by atoms with Gasteiger partial charge in [0.15, 0.2) is 28.4 Å². The van der Waals surface area contributed by atoms with Crippen molar-refractivity contribution in [1.82, 2.24) is 4.98 Å². The highest BCUT2D eigenvalue weighted by Gasteiger charge is 2.20. The molecule has 0 aliphatic heterocycles. The molecule has 21 heavy (non-hydrogen) atoms. The van der Waals surface area contributed by atoms with Gasteiger partial charge in [-0.15, -0.1) is 0 Å². The number of halogens is 5. The first-order valence-corrected chi connectivity index (χ1v) is 7.23.